The Labute approximate surface area is 269 Å². The van der Waals surface area contributed by atoms with Gasteiger partial charge in [-0.3, -0.25) is 14.5 Å². The molecule has 2 fully saturated rings. The van der Waals surface area contributed by atoms with Crippen LogP contribution in [0.25, 0.3) is 22.4 Å². The number of anilines is 2. The molecule has 0 aliphatic carbocycles. The predicted molar refractivity (Wildman–Crippen MR) is 169 cm³/mol. The molecule has 2 aliphatic rings. The number of carbonyl (C=O) groups is 2. The number of imidazole rings is 1. The molecule has 0 bridgehead atoms. The largest absolute Gasteiger partial charge is 0.573 e. The van der Waals surface area contributed by atoms with Crippen molar-refractivity contribution in [2.45, 2.75) is 24.9 Å². The number of nitrogens with zero attached hydrogens (tertiary/aromatic N) is 5. The maximum Gasteiger partial charge on any atom is 0.573 e. The fraction of sp³-hybridized carbons (Fsp3) is 0.333. The molecule has 2 atom stereocenters. The number of rotatable bonds is 9. The van der Waals surface area contributed by atoms with E-state index in [2.05, 4.69) is 29.9 Å². The predicted octanol–water partition coefficient (Wildman–Crippen LogP) is 4.96. The average molecular weight is 650 g/mol. The highest BCUT2D eigenvalue weighted by molar-refractivity contribution is 6.04. The number of piperazine rings is 1. The van der Waals surface area contributed by atoms with Crippen molar-refractivity contribution in [1.29, 1.82) is 0 Å². The van der Waals surface area contributed by atoms with E-state index in [0.29, 0.717) is 37.6 Å². The van der Waals surface area contributed by atoms with E-state index in [-0.39, 0.29) is 29.0 Å². The average Bonchev–Trinajstić information content (AvgIpc) is 3.71. The van der Waals surface area contributed by atoms with Crippen LogP contribution in [-0.2, 0) is 9.53 Å². The second kappa shape index (κ2) is 13.4. The van der Waals surface area contributed by atoms with Crippen LogP contribution in [0.15, 0.2) is 67.0 Å². The Balaban J connectivity index is 1.16. The summed E-state index contributed by atoms with van der Waals surface area (Å²) >= 11 is 0. The summed E-state index contributed by atoms with van der Waals surface area (Å²) in [6, 6.07) is 14.6. The van der Waals surface area contributed by atoms with Gasteiger partial charge in [-0.1, -0.05) is 24.3 Å². The van der Waals surface area contributed by atoms with Crippen LogP contribution < -0.4 is 15.0 Å². The summed E-state index contributed by atoms with van der Waals surface area (Å²) in [7, 11) is 3.72. The highest BCUT2D eigenvalue weighted by atomic mass is 19.4. The Hall–Kier alpha value is -4.95. The number of benzene rings is 2. The molecule has 2 aliphatic heterocycles. The molecule has 47 heavy (non-hydrogen) atoms. The lowest BCUT2D eigenvalue weighted by molar-refractivity contribution is -0.274. The molecule has 0 saturated carbocycles. The number of likely N-dealkylation sites (N-methyl/N-ethyl adjacent to an activating group) is 1. The number of halogens is 3. The van der Waals surface area contributed by atoms with Crippen molar-refractivity contribution in [1.82, 2.24) is 24.8 Å². The number of ether oxygens (including phenoxy) is 2. The van der Waals surface area contributed by atoms with Crippen molar-refractivity contribution in [3.63, 3.8) is 0 Å². The summed E-state index contributed by atoms with van der Waals surface area (Å²) < 4.78 is 50.3. The number of pyridine rings is 1. The quantitative estimate of drug-likeness (QED) is 0.245. The van der Waals surface area contributed by atoms with E-state index in [4.69, 9.17) is 4.74 Å². The molecule has 2 aromatic carbocycles. The van der Waals surface area contributed by atoms with Crippen LogP contribution in [0.4, 0.5) is 24.7 Å². The van der Waals surface area contributed by atoms with Gasteiger partial charge in [-0.25, -0.2) is 9.97 Å². The summed E-state index contributed by atoms with van der Waals surface area (Å²) in [5.41, 5.74) is 2.67. The first-order chi connectivity index (χ1) is 22.6. The van der Waals surface area contributed by atoms with Crippen molar-refractivity contribution < 1.29 is 32.2 Å². The molecule has 2 amide bonds. The monoisotopic (exact) mass is 649 g/mol. The van der Waals surface area contributed by atoms with Gasteiger partial charge in [0, 0.05) is 63.3 Å². The fourth-order valence-corrected chi connectivity index (χ4v) is 5.94. The molecule has 11 nitrogen and oxygen atoms in total. The van der Waals surface area contributed by atoms with E-state index >= 15 is 0 Å². The number of hydrogen-bond acceptors (Lipinski definition) is 8. The van der Waals surface area contributed by atoms with Gasteiger partial charge < -0.3 is 29.6 Å². The van der Waals surface area contributed by atoms with E-state index in [1.165, 1.54) is 18.3 Å². The van der Waals surface area contributed by atoms with Crippen LogP contribution in [0.5, 0.6) is 5.75 Å². The van der Waals surface area contributed by atoms with Gasteiger partial charge in [-0.2, -0.15) is 0 Å². The zero-order chi connectivity index (χ0) is 33.1. The number of likely N-dealkylation sites (tertiary alicyclic amines) is 1. The van der Waals surface area contributed by atoms with E-state index in [9.17, 15) is 22.8 Å². The highest BCUT2D eigenvalue weighted by Gasteiger charge is 2.33. The van der Waals surface area contributed by atoms with Crippen molar-refractivity contribution in [2.24, 2.45) is 0 Å². The van der Waals surface area contributed by atoms with Crippen LogP contribution in [0.3, 0.4) is 0 Å². The maximum absolute atomic E-state index is 13.5. The summed E-state index contributed by atoms with van der Waals surface area (Å²) in [6.45, 7) is 3.20. The summed E-state index contributed by atoms with van der Waals surface area (Å²) in [5, 5.41) is 2.63. The number of methoxy groups -OCH3 is 1. The Bertz CT molecular complexity index is 1700. The Morgan fingerprint density at radius 1 is 1.00 bits per heavy atom. The van der Waals surface area contributed by atoms with Gasteiger partial charge in [-0.15, -0.1) is 13.2 Å². The Morgan fingerprint density at radius 3 is 2.38 bits per heavy atom. The van der Waals surface area contributed by atoms with Gasteiger partial charge in [0.25, 0.3) is 5.91 Å². The summed E-state index contributed by atoms with van der Waals surface area (Å²) in [4.78, 5) is 42.1. The van der Waals surface area contributed by atoms with Crippen LogP contribution in [0, 0.1) is 0 Å². The molecule has 2 N–H and O–H groups in total. The van der Waals surface area contributed by atoms with Gasteiger partial charge in [0.2, 0.25) is 6.41 Å². The number of alkyl halides is 3. The standard InChI is InChI=1S/C33H34F3N7O4/c1-41-19-25(46-2)16-28(41)31-38-18-27(40-31)22-5-3-21(4-6-22)26-9-8-24(15-29(26)47-33(34,35)36)39-32(45)23-7-10-30(37-17-23)43-13-11-42(20-44)12-14-43/h3-10,15,17-18,20,25,28H,11-14,16,19H2,1-2H3,(H,38,40)(H,39,45). The van der Waals surface area contributed by atoms with Crippen LogP contribution in [0.2, 0.25) is 0 Å². The van der Waals surface area contributed by atoms with Gasteiger partial charge >= 0.3 is 6.36 Å². The van der Waals surface area contributed by atoms with Gasteiger partial charge in [-0.05, 0) is 48.9 Å². The molecule has 2 saturated heterocycles. The highest BCUT2D eigenvalue weighted by Crippen LogP contribution is 2.37. The van der Waals surface area contributed by atoms with E-state index < -0.39 is 18.0 Å². The van der Waals surface area contributed by atoms with E-state index in [1.54, 1.807) is 54.6 Å². The minimum atomic E-state index is -4.95. The lowest BCUT2D eigenvalue weighted by Crippen LogP contribution is -2.46. The minimum absolute atomic E-state index is 0.0983. The molecule has 6 rings (SSSR count). The van der Waals surface area contributed by atoms with Crippen LogP contribution in [-0.4, -0.2) is 96.4 Å². The smallest absolute Gasteiger partial charge is 0.405 e. The Morgan fingerprint density at radius 2 is 1.74 bits per heavy atom. The summed E-state index contributed by atoms with van der Waals surface area (Å²) in [5.74, 6) is 0.501. The summed E-state index contributed by atoms with van der Waals surface area (Å²) in [6.07, 6.45) is -0.0233. The zero-order valence-electron chi connectivity index (χ0n) is 25.8. The molecule has 0 spiro atoms. The number of nitrogens with one attached hydrogen (secondary N) is 2. The van der Waals surface area contributed by atoms with Crippen LogP contribution in [0.1, 0.15) is 28.6 Å². The van der Waals surface area contributed by atoms with E-state index in [1.807, 2.05) is 11.9 Å². The first-order valence-electron chi connectivity index (χ1n) is 15.1. The van der Waals surface area contributed by atoms with Crippen molar-refractivity contribution >= 4 is 23.8 Å². The number of aromatic nitrogens is 3. The zero-order valence-corrected chi connectivity index (χ0v) is 25.8. The molecule has 0 radical (unpaired) electrons. The molecule has 14 heteroatoms. The lowest BCUT2D eigenvalue weighted by atomic mass is 10.0. The molecule has 4 heterocycles. The first-order valence-corrected chi connectivity index (χ1v) is 15.1. The van der Waals surface area contributed by atoms with Crippen molar-refractivity contribution in [2.75, 3.05) is 57.1 Å². The molecular formula is C33H34F3N7O4. The topological polar surface area (TPSA) is 116 Å². The van der Waals surface area contributed by atoms with E-state index in [0.717, 1.165) is 42.5 Å². The van der Waals surface area contributed by atoms with Crippen molar-refractivity contribution in [3.8, 4) is 28.1 Å². The minimum Gasteiger partial charge on any atom is -0.405 e. The Kier molecular flexibility index (Phi) is 9.14. The number of hydrogen-bond donors (Lipinski definition) is 2. The van der Waals surface area contributed by atoms with Gasteiger partial charge in [0.05, 0.1) is 29.6 Å². The van der Waals surface area contributed by atoms with Crippen molar-refractivity contribution in [3.05, 3.63) is 78.4 Å². The number of amides is 2. The third-order valence-electron chi connectivity index (χ3n) is 8.52. The number of H-pyrrole nitrogens is 1. The lowest BCUT2D eigenvalue weighted by Gasteiger charge is -2.33. The second-order valence-electron chi connectivity index (χ2n) is 11.6. The van der Waals surface area contributed by atoms with Gasteiger partial charge in [0.1, 0.15) is 17.4 Å². The molecule has 246 valence electrons. The normalized spacial score (nSPS) is 18.7. The molecule has 4 aromatic rings. The SMILES string of the molecule is COC1CC(c2ncc(-c3ccc(-c4ccc(NC(=O)c5ccc(N6CCN(C=O)CC6)nc5)cc4OC(F)(F)F)cc3)[nH]2)N(C)C1. The molecular weight excluding hydrogens is 615 g/mol. The number of aromatic amines is 1. The molecule has 2 aromatic heterocycles. The molecule has 2 unspecified atom stereocenters. The van der Waals surface area contributed by atoms with Crippen LogP contribution >= 0.6 is 0 Å². The first kappa shape index (κ1) is 32.0. The number of carbonyl (C=O) groups excluding carboxylic acids is 2. The second-order valence-corrected chi connectivity index (χ2v) is 11.6. The third kappa shape index (κ3) is 7.39. The maximum atomic E-state index is 13.5. The third-order valence-corrected chi connectivity index (χ3v) is 8.52. The fourth-order valence-electron chi connectivity index (χ4n) is 5.94. The van der Waals surface area contributed by atoms with Gasteiger partial charge in [0.15, 0.2) is 0 Å².